The summed E-state index contributed by atoms with van der Waals surface area (Å²) in [5.74, 6) is 0.254. The van der Waals surface area contributed by atoms with E-state index < -0.39 is 16.1 Å². The Hall–Kier alpha value is -2.29. The number of sulfonamides is 1. The summed E-state index contributed by atoms with van der Waals surface area (Å²) in [6.07, 6.45) is 0.696. The van der Waals surface area contributed by atoms with Gasteiger partial charge in [0.05, 0.1) is 11.9 Å². The number of ether oxygens (including phenoxy) is 1. The lowest BCUT2D eigenvalue weighted by molar-refractivity contribution is -0.140. The van der Waals surface area contributed by atoms with Gasteiger partial charge in [0, 0.05) is 50.7 Å². The SMILES string of the molecule is CS(=O)(=O)N1CCC(C(=O)N2CCN(Cc3ccccc3)CC2)Oc2ccc(Cl)cc21. The van der Waals surface area contributed by atoms with Gasteiger partial charge in [-0.2, -0.15) is 0 Å². The van der Waals surface area contributed by atoms with E-state index in [0.717, 1.165) is 25.9 Å². The Morgan fingerprint density at radius 2 is 1.77 bits per heavy atom. The van der Waals surface area contributed by atoms with Crippen LogP contribution in [0, 0.1) is 0 Å². The highest BCUT2D eigenvalue weighted by atomic mass is 35.5. The average Bonchev–Trinajstić information content (AvgIpc) is 2.94. The summed E-state index contributed by atoms with van der Waals surface area (Å²) in [6.45, 7) is 3.84. The molecule has 7 nitrogen and oxygen atoms in total. The van der Waals surface area contributed by atoms with E-state index in [-0.39, 0.29) is 18.9 Å². The molecule has 0 saturated carbocycles. The fourth-order valence-electron chi connectivity index (χ4n) is 4.04. The van der Waals surface area contributed by atoms with Crippen molar-refractivity contribution >= 4 is 33.2 Å². The molecule has 2 aromatic carbocycles. The van der Waals surface area contributed by atoms with Crippen molar-refractivity contribution in [2.45, 2.75) is 19.1 Å². The van der Waals surface area contributed by atoms with Gasteiger partial charge in [0.25, 0.3) is 5.91 Å². The van der Waals surface area contributed by atoms with Crippen LogP contribution in [0.2, 0.25) is 5.02 Å². The van der Waals surface area contributed by atoms with E-state index in [4.69, 9.17) is 16.3 Å². The number of fused-ring (bicyclic) bond motifs is 1. The Morgan fingerprint density at radius 1 is 1.06 bits per heavy atom. The minimum atomic E-state index is -3.53. The topological polar surface area (TPSA) is 70.2 Å². The minimum absolute atomic E-state index is 0.101. The first-order chi connectivity index (χ1) is 14.8. The van der Waals surface area contributed by atoms with Crippen molar-refractivity contribution in [3.05, 3.63) is 59.1 Å². The summed E-state index contributed by atoms with van der Waals surface area (Å²) in [5.41, 5.74) is 1.63. The Labute approximate surface area is 188 Å². The second-order valence-electron chi connectivity index (χ2n) is 7.93. The van der Waals surface area contributed by atoms with Crippen LogP contribution in [0.25, 0.3) is 0 Å². The van der Waals surface area contributed by atoms with Crippen molar-refractivity contribution < 1.29 is 17.9 Å². The summed E-state index contributed by atoms with van der Waals surface area (Å²) >= 11 is 6.08. The lowest BCUT2D eigenvalue weighted by Gasteiger charge is -2.36. The lowest BCUT2D eigenvalue weighted by Crippen LogP contribution is -2.52. The molecule has 2 heterocycles. The average molecular weight is 464 g/mol. The van der Waals surface area contributed by atoms with Crippen LogP contribution in [0.4, 0.5) is 5.69 Å². The zero-order valence-electron chi connectivity index (χ0n) is 17.4. The predicted molar refractivity (Wildman–Crippen MR) is 121 cm³/mol. The molecule has 0 N–H and O–H groups in total. The molecule has 4 rings (SSSR count). The van der Waals surface area contributed by atoms with Crippen LogP contribution in [-0.4, -0.2) is 69.2 Å². The van der Waals surface area contributed by atoms with Crippen LogP contribution < -0.4 is 9.04 Å². The number of nitrogens with zero attached hydrogens (tertiary/aromatic N) is 3. The van der Waals surface area contributed by atoms with Crippen molar-refractivity contribution in [1.82, 2.24) is 9.80 Å². The van der Waals surface area contributed by atoms with Gasteiger partial charge < -0.3 is 9.64 Å². The third-order valence-electron chi connectivity index (χ3n) is 5.66. The van der Waals surface area contributed by atoms with Gasteiger partial charge >= 0.3 is 0 Å². The number of carbonyl (C=O) groups is 1. The second kappa shape index (κ2) is 9.06. The van der Waals surface area contributed by atoms with Crippen LogP contribution in [-0.2, 0) is 21.4 Å². The van der Waals surface area contributed by atoms with Gasteiger partial charge in [-0.05, 0) is 23.8 Å². The number of hydrogen-bond donors (Lipinski definition) is 0. The molecular formula is C22H26ClN3O4S. The fourth-order valence-corrected chi connectivity index (χ4v) is 5.15. The molecule has 31 heavy (non-hydrogen) atoms. The highest BCUT2D eigenvalue weighted by molar-refractivity contribution is 7.92. The smallest absolute Gasteiger partial charge is 0.263 e. The van der Waals surface area contributed by atoms with Gasteiger partial charge in [-0.1, -0.05) is 41.9 Å². The molecular weight excluding hydrogens is 438 g/mol. The van der Waals surface area contributed by atoms with Crippen LogP contribution >= 0.6 is 11.6 Å². The third-order valence-corrected chi connectivity index (χ3v) is 7.08. The van der Waals surface area contributed by atoms with E-state index in [1.165, 1.54) is 9.87 Å². The summed E-state index contributed by atoms with van der Waals surface area (Å²) < 4.78 is 31.9. The van der Waals surface area contributed by atoms with E-state index >= 15 is 0 Å². The molecule has 2 aliphatic rings. The first kappa shape index (κ1) is 21.9. The maximum atomic E-state index is 13.2. The van der Waals surface area contributed by atoms with E-state index in [9.17, 15) is 13.2 Å². The van der Waals surface area contributed by atoms with E-state index in [0.29, 0.717) is 29.5 Å². The molecule has 0 aromatic heterocycles. The number of rotatable bonds is 4. The van der Waals surface area contributed by atoms with Gasteiger partial charge in [-0.15, -0.1) is 0 Å². The third kappa shape index (κ3) is 5.14. The standard InChI is InChI=1S/C22H26ClN3O4S/c1-31(28,29)26-10-9-21(30-20-8-7-18(23)15-19(20)26)22(27)25-13-11-24(12-14-25)16-17-5-3-2-4-6-17/h2-8,15,21H,9-14,16H2,1H3. The second-order valence-corrected chi connectivity index (χ2v) is 10.3. The first-order valence-electron chi connectivity index (χ1n) is 10.3. The summed E-state index contributed by atoms with van der Waals surface area (Å²) in [7, 11) is -3.53. The number of piperazine rings is 1. The van der Waals surface area contributed by atoms with Crippen molar-refractivity contribution in [3.8, 4) is 5.75 Å². The molecule has 1 atom stereocenters. The number of carbonyl (C=O) groups excluding carboxylic acids is 1. The molecule has 0 bridgehead atoms. The lowest BCUT2D eigenvalue weighted by atomic mass is 10.1. The summed E-state index contributed by atoms with van der Waals surface area (Å²) in [5, 5.41) is 0.412. The number of benzene rings is 2. The zero-order valence-corrected chi connectivity index (χ0v) is 19.0. The summed E-state index contributed by atoms with van der Waals surface area (Å²) in [6, 6.07) is 15.1. The molecule has 0 radical (unpaired) electrons. The fraction of sp³-hybridized carbons (Fsp3) is 0.409. The Balaban J connectivity index is 1.43. The number of halogens is 1. The van der Waals surface area contributed by atoms with Crippen molar-refractivity contribution in [2.24, 2.45) is 0 Å². The zero-order chi connectivity index (χ0) is 22.0. The van der Waals surface area contributed by atoms with Crippen molar-refractivity contribution in [3.63, 3.8) is 0 Å². The van der Waals surface area contributed by atoms with E-state index in [1.54, 1.807) is 18.2 Å². The molecule has 1 amide bonds. The maximum Gasteiger partial charge on any atom is 0.263 e. The molecule has 166 valence electrons. The van der Waals surface area contributed by atoms with Gasteiger partial charge in [0.15, 0.2) is 6.10 Å². The molecule has 1 saturated heterocycles. The van der Waals surface area contributed by atoms with Gasteiger partial charge in [-0.3, -0.25) is 14.0 Å². The molecule has 9 heteroatoms. The highest BCUT2D eigenvalue weighted by Gasteiger charge is 2.34. The van der Waals surface area contributed by atoms with Crippen LogP contribution in [0.1, 0.15) is 12.0 Å². The van der Waals surface area contributed by atoms with Crippen LogP contribution in [0.15, 0.2) is 48.5 Å². The van der Waals surface area contributed by atoms with Gasteiger partial charge in [0.2, 0.25) is 10.0 Å². The molecule has 2 aromatic rings. The maximum absolute atomic E-state index is 13.2. The quantitative estimate of drug-likeness (QED) is 0.697. The predicted octanol–water partition coefficient (Wildman–Crippen LogP) is 2.60. The molecule has 0 aliphatic carbocycles. The molecule has 1 unspecified atom stereocenters. The monoisotopic (exact) mass is 463 g/mol. The number of hydrogen-bond acceptors (Lipinski definition) is 5. The van der Waals surface area contributed by atoms with Gasteiger partial charge in [-0.25, -0.2) is 8.42 Å². The molecule has 1 fully saturated rings. The van der Waals surface area contributed by atoms with E-state index in [1.807, 2.05) is 23.1 Å². The normalized spacial score (nSPS) is 20.0. The Morgan fingerprint density at radius 3 is 2.45 bits per heavy atom. The summed E-state index contributed by atoms with van der Waals surface area (Å²) in [4.78, 5) is 17.3. The van der Waals surface area contributed by atoms with E-state index in [2.05, 4.69) is 17.0 Å². The van der Waals surface area contributed by atoms with Crippen molar-refractivity contribution in [2.75, 3.05) is 43.3 Å². The Bertz CT molecular complexity index is 1040. The molecule has 0 spiro atoms. The van der Waals surface area contributed by atoms with Gasteiger partial charge in [0.1, 0.15) is 5.75 Å². The highest BCUT2D eigenvalue weighted by Crippen LogP contribution is 2.36. The first-order valence-corrected chi connectivity index (χ1v) is 12.5. The minimum Gasteiger partial charge on any atom is -0.478 e. The van der Waals surface area contributed by atoms with Crippen LogP contribution in [0.5, 0.6) is 5.75 Å². The number of anilines is 1. The number of amides is 1. The van der Waals surface area contributed by atoms with Crippen molar-refractivity contribution in [1.29, 1.82) is 0 Å². The largest absolute Gasteiger partial charge is 0.478 e. The van der Waals surface area contributed by atoms with Crippen LogP contribution in [0.3, 0.4) is 0 Å². The Kier molecular flexibility index (Phi) is 6.41. The molecule has 2 aliphatic heterocycles.